The maximum Gasteiger partial charge on any atom is 0.337 e. The highest BCUT2D eigenvalue weighted by Gasteiger charge is 2.23. The molecule has 0 spiro atoms. The summed E-state index contributed by atoms with van der Waals surface area (Å²) in [5, 5.41) is 0. The number of carbonyl (C=O) groups is 2. The molecule has 0 N–H and O–H groups in total. The van der Waals surface area contributed by atoms with Crippen LogP contribution < -0.4 is 9.64 Å². The highest BCUT2D eigenvalue weighted by Crippen LogP contribution is 2.46. The minimum absolute atomic E-state index is 0.416. The fourth-order valence-corrected chi connectivity index (χ4v) is 2.33. The van der Waals surface area contributed by atoms with Gasteiger partial charge in [-0.1, -0.05) is 0 Å². The summed E-state index contributed by atoms with van der Waals surface area (Å²) in [6, 6.07) is 10.4. The normalized spacial score (nSPS) is 12.0. The van der Waals surface area contributed by atoms with Gasteiger partial charge in [0.15, 0.2) is 11.5 Å². The van der Waals surface area contributed by atoms with Crippen LogP contribution in [0.15, 0.2) is 36.4 Å². The molecule has 1 aliphatic heterocycles. The van der Waals surface area contributed by atoms with Crippen molar-refractivity contribution >= 4 is 23.6 Å². The maximum atomic E-state index is 11.6. The van der Waals surface area contributed by atoms with Crippen LogP contribution in [0.4, 0.5) is 11.4 Å². The second-order valence-electron chi connectivity index (χ2n) is 4.68. The van der Waals surface area contributed by atoms with Crippen molar-refractivity contribution in [3.8, 4) is 11.5 Å². The van der Waals surface area contributed by atoms with Crippen molar-refractivity contribution in [2.45, 2.75) is 0 Å². The Hall–Kier alpha value is -2.82. The third-order valence-electron chi connectivity index (χ3n) is 3.44. The van der Waals surface area contributed by atoms with Crippen molar-refractivity contribution in [1.29, 1.82) is 0 Å². The molecule has 2 aromatic carbocycles. The highest BCUT2D eigenvalue weighted by atomic mass is 16.5. The topological polar surface area (TPSA) is 55.8 Å². The molecule has 3 rings (SSSR count). The number of ether oxygens (including phenoxy) is 2. The highest BCUT2D eigenvalue weighted by molar-refractivity contribution is 5.92. The summed E-state index contributed by atoms with van der Waals surface area (Å²) < 4.78 is 10.5. The molecule has 0 amide bonds. The molecule has 0 saturated heterocycles. The second kappa shape index (κ2) is 4.94. The minimum atomic E-state index is -0.420. The molecule has 5 heteroatoms. The smallest absolute Gasteiger partial charge is 0.337 e. The molecular weight excluding hydrogens is 270 g/mol. The predicted octanol–water partition coefficient (Wildman–Crippen LogP) is 3.16. The summed E-state index contributed by atoms with van der Waals surface area (Å²) in [5.41, 5.74) is 2.65. The second-order valence-corrected chi connectivity index (χ2v) is 4.68. The van der Waals surface area contributed by atoms with Gasteiger partial charge in [-0.25, -0.2) is 4.79 Å². The Kier molecular flexibility index (Phi) is 3.10. The van der Waals surface area contributed by atoms with Gasteiger partial charge in [-0.15, -0.1) is 0 Å². The zero-order chi connectivity index (χ0) is 15.0. The lowest BCUT2D eigenvalue weighted by Crippen LogP contribution is -2.16. The first-order valence-corrected chi connectivity index (χ1v) is 6.37. The van der Waals surface area contributed by atoms with Gasteiger partial charge in [0.2, 0.25) is 0 Å². The van der Waals surface area contributed by atoms with E-state index in [1.54, 1.807) is 30.3 Å². The Labute approximate surface area is 121 Å². The van der Waals surface area contributed by atoms with Gasteiger partial charge in [-0.05, 0) is 36.4 Å². The third-order valence-corrected chi connectivity index (χ3v) is 3.44. The number of aldehydes is 1. The first-order chi connectivity index (χ1) is 10.1. The molecule has 0 fully saturated rings. The van der Waals surface area contributed by atoms with Gasteiger partial charge in [0.25, 0.3) is 0 Å². The van der Waals surface area contributed by atoms with Crippen LogP contribution in [0.5, 0.6) is 11.5 Å². The van der Waals surface area contributed by atoms with Gasteiger partial charge in [-0.2, -0.15) is 0 Å². The van der Waals surface area contributed by atoms with Crippen molar-refractivity contribution in [3.05, 3.63) is 47.5 Å². The molecular formula is C16H13NO4. The summed E-state index contributed by atoms with van der Waals surface area (Å²) in [6.45, 7) is 0. The Morgan fingerprint density at radius 3 is 2.48 bits per heavy atom. The molecule has 0 aromatic heterocycles. The van der Waals surface area contributed by atoms with Gasteiger partial charge in [0.1, 0.15) is 6.29 Å². The molecule has 1 heterocycles. The van der Waals surface area contributed by atoms with Crippen molar-refractivity contribution in [3.63, 3.8) is 0 Å². The number of nitrogens with zero attached hydrogens (tertiary/aromatic N) is 1. The van der Waals surface area contributed by atoms with Crippen LogP contribution in [0.25, 0.3) is 0 Å². The average molecular weight is 283 g/mol. The molecule has 0 radical (unpaired) electrons. The molecule has 2 aromatic rings. The average Bonchev–Trinajstić information content (AvgIpc) is 2.53. The first-order valence-electron chi connectivity index (χ1n) is 6.37. The molecule has 106 valence electrons. The molecule has 0 unspecified atom stereocenters. The Morgan fingerprint density at radius 2 is 1.81 bits per heavy atom. The largest absolute Gasteiger partial charge is 0.465 e. The molecule has 0 aliphatic carbocycles. The van der Waals surface area contributed by atoms with E-state index in [0.29, 0.717) is 22.6 Å². The zero-order valence-corrected chi connectivity index (χ0v) is 11.6. The lowest BCUT2D eigenvalue weighted by molar-refractivity contribution is 0.0600. The summed E-state index contributed by atoms with van der Waals surface area (Å²) in [7, 11) is 3.24. The van der Waals surface area contributed by atoms with Gasteiger partial charge < -0.3 is 14.4 Å². The van der Waals surface area contributed by atoms with E-state index < -0.39 is 5.97 Å². The number of anilines is 2. The summed E-state index contributed by atoms with van der Waals surface area (Å²) in [4.78, 5) is 24.4. The van der Waals surface area contributed by atoms with Crippen LogP contribution in [-0.4, -0.2) is 26.4 Å². The quantitative estimate of drug-likeness (QED) is 0.626. The van der Waals surface area contributed by atoms with Crippen molar-refractivity contribution in [2.24, 2.45) is 0 Å². The van der Waals surface area contributed by atoms with Crippen LogP contribution in [-0.2, 0) is 4.74 Å². The zero-order valence-electron chi connectivity index (χ0n) is 11.6. The molecule has 0 bridgehead atoms. The molecule has 0 atom stereocenters. The van der Waals surface area contributed by atoms with Gasteiger partial charge in [-0.3, -0.25) is 4.79 Å². The van der Waals surface area contributed by atoms with E-state index in [1.165, 1.54) is 7.11 Å². The number of hydrogen-bond donors (Lipinski definition) is 0. The van der Waals surface area contributed by atoms with Crippen LogP contribution in [0.2, 0.25) is 0 Å². The monoisotopic (exact) mass is 283 g/mol. The fraction of sp³-hybridized carbons (Fsp3) is 0.125. The van der Waals surface area contributed by atoms with Gasteiger partial charge in [0, 0.05) is 12.6 Å². The number of esters is 1. The van der Waals surface area contributed by atoms with E-state index in [0.717, 1.165) is 17.7 Å². The molecule has 5 nitrogen and oxygen atoms in total. The maximum absolute atomic E-state index is 11.6. The SMILES string of the molecule is COC(=O)c1ccc2c(c1)Oc1cc(C=O)ccc1N2C. The van der Waals surface area contributed by atoms with E-state index in [4.69, 9.17) is 9.47 Å². The molecule has 0 saturated carbocycles. The third kappa shape index (κ3) is 2.12. The summed E-state index contributed by atoms with van der Waals surface area (Å²) in [6.07, 6.45) is 0.768. The Morgan fingerprint density at radius 1 is 1.14 bits per heavy atom. The first kappa shape index (κ1) is 13.2. The van der Waals surface area contributed by atoms with E-state index in [9.17, 15) is 9.59 Å². The predicted molar refractivity (Wildman–Crippen MR) is 77.7 cm³/mol. The molecule has 1 aliphatic rings. The van der Waals surface area contributed by atoms with Gasteiger partial charge >= 0.3 is 5.97 Å². The standard InChI is InChI=1S/C16H13NO4/c1-17-12-5-3-10(9-18)7-14(12)21-15-8-11(16(19)20-2)4-6-13(15)17/h3-9H,1-2H3. The van der Waals surface area contributed by atoms with Crippen LogP contribution >= 0.6 is 0 Å². The number of benzene rings is 2. The number of hydrogen-bond acceptors (Lipinski definition) is 5. The fourth-order valence-electron chi connectivity index (χ4n) is 2.33. The van der Waals surface area contributed by atoms with Crippen molar-refractivity contribution < 1.29 is 19.1 Å². The lowest BCUT2D eigenvalue weighted by Gasteiger charge is -2.29. The van der Waals surface area contributed by atoms with E-state index in [-0.39, 0.29) is 0 Å². The van der Waals surface area contributed by atoms with E-state index in [2.05, 4.69) is 0 Å². The Bertz CT molecular complexity index is 739. The molecule has 21 heavy (non-hydrogen) atoms. The number of fused-ring (bicyclic) bond motifs is 2. The van der Waals surface area contributed by atoms with Gasteiger partial charge in [0.05, 0.1) is 24.0 Å². The summed E-state index contributed by atoms with van der Waals surface area (Å²) >= 11 is 0. The number of methoxy groups -OCH3 is 1. The van der Waals surface area contributed by atoms with Crippen LogP contribution in [0, 0.1) is 0 Å². The van der Waals surface area contributed by atoms with Crippen molar-refractivity contribution in [2.75, 3.05) is 19.1 Å². The Balaban J connectivity index is 2.07. The van der Waals surface area contributed by atoms with Crippen molar-refractivity contribution in [1.82, 2.24) is 0 Å². The van der Waals surface area contributed by atoms with E-state index >= 15 is 0 Å². The minimum Gasteiger partial charge on any atom is -0.465 e. The number of carbonyl (C=O) groups excluding carboxylic acids is 2. The number of rotatable bonds is 2. The van der Waals surface area contributed by atoms with Crippen LogP contribution in [0.3, 0.4) is 0 Å². The van der Waals surface area contributed by atoms with Crippen LogP contribution in [0.1, 0.15) is 20.7 Å². The van der Waals surface area contributed by atoms with E-state index in [1.807, 2.05) is 18.0 Å². The lowest BCUT2D eigenvalue weighted by atomic mass is 10.1. The summed E-state index contributed by atoms with van der Waals surface area (Å²) in [5.74, 6) is 0.712.